The van der Waals surface area contributed by atoms with Crippen LogP contribution in [0.4, 0.5) is 10.2 Å². The van der Waals surface area contributed by atoms with Crippen molar-refractivity contribution in [2.24, 2.45) is 5.41 Å². The van der Waals surface area contributed by atoms with Crippen LogP contribution in [0.5, 0.6) is 0 Å². The zero-order chi connectivity index (χ0) is 23.6. The van der Waals surface area contributed by atoms with E-state index in [9.17, 15) is 4.39 Å². The molecule has 3 aromatic rings. The van der Waals surface area contributed by atoms with Gasteiger partial charge in [-0.2, -0.15) is 19.7 Å². The molecule has 3 heterocycles. The summed E-state index contributed by atoms with van der Waals surface area (Å²) in [5.41, 5.74) is 3.32. The monoisotopic (exact) mass is 486 g/mol. The molecule has 1 saturated heterocycles. The molecule has 0 bridgehead atoms. The van der Waals surface area contributed by atoms with Crippen molar-refractivity contribution in [1.29, 1.82) is 0 Å². The highest BCUT2D eigenvalue weighted by molar-refractivity contribution is 8.01. The van der Waals surface area contributed by atoms with Gasteiger partial charge in [0.05, 0.1) is 5.69 Å². The molecule has 0 unspecified atom stereocenters. The molecule has 1 spiro atoms. The number of aryl methyl sites for hydroxylation is 1. The van der Waals surface area contributed by atoms with Crippen LogP contribution < -0.4 is 4.90 Å². The molecule has 1 aliphatic heterocycles. The van der Waals surface area contributed by atoms with Gasteiger partial charge < -0.3 is 4.90 Å². The van der Waals surface area contributed by atoms with Crippen LogP contribution in [-0.2, 0) is 9.59 Å². The van der Waals surface area contributed by atoms with E-state index in [4.69, 9.17) is 19.7 Å². The molecule has 2 aliphatic rings. The molecule has 0 amide bonds. The molecular weight excluding hydrogens is 459 g/mol. The third kappa shape index (κ3) is 5.37. The molecule has 6 nitrogen and oxygen atoms in total. The minimum atomic E-state index is -0.231. The summed E-state index contributed by atoms with van der Waals surface area (Å²) < 4.78 is 16.8. The highest BCUT2D eigenvalue weighted by atomic mass is 32.2. The Morgan fingerprint density at radius 2 is 1.88 bits per heavy atom. The van der Waals surface area contributed by atoms with E-state index in [0.717, 1.165) is 40.9 Å². The van der Waals surface area contributed by atoms with Crippen molar-refractivity contribution in [3.8, 4) is 16.3 Å². The van der Waals surface area contributed by atoms with Gasteiger partial charge in [-0.15, -0.1) is 11.8 Å². The van der Waals surface area contributed by atoms with Gasteiger partial charge in [-0.25, -0.2) is 9.07 Å². The van der Waals surface area contributed by atoms with Crippen LogP contribution in [-0.4, -0.2) is 39.3 Å². The summed E-state index contributed by atoms with van der Waals surface area (Å²) in [4.78, 5) is 23.8. The fourth-order valence-electron chi connectivity index (χ4n) is 4.24. The lowest BCUT2D eigenvalue weighted by molar-refractivity contribution is -0.191. The Hall–Kier alpha value is -2.48. The van der Waals surface area contributed by atoms with E-state index in [-0.39, 0.29) is 12.0 Å². The van der Waals surface area contributed by atoms with Gasteiger partial charge in [0.15, 0.2) is 5.82 Å². The second-order valence-electron chi connectivity index (χ2n) is 8.93. The van der Waals surface area contributed by atoms with E-state index < -0.39 is 0 Å². The number of rotatable bonds is 5. The molecular formula is C24H27FN4O2S2. The highest BCUT2D eigenvalue weighted by Crippen LogP contribution is 2.54. The first kappa shape index (κ1) is 23.7. The molecule has 5 rings (SSSR count). The SMILES string of the molecule is Cc1nn(-c2nc(N3CCC4(CC3)CC4)c(SC(C)C)s2)cc1-c1cccc(F)c1.O=C=O. The van der Waals surface area contributed by atoms with E-state index in [0.29, 0.717) is 10.7 Å². The average molecular weight is 487 g/mol. The standard InChI is InChI=1S/C23H27FN4S2.CO2/c1-15(2)29-21-20(27-11-9-23(7-8-23)10-12-27)25-22(30-21)28-14-19(16(3)26-28)17-5-4-6-18(24)13-17;2-1-3/h4-6,13-15H,7-12H2,1-3H3;. The van der Waals surface area contributed by atoms with Crippen LogP contribution >= 0.6 is 23.1 Å². The number of anilines is 1. The zero-order valence-electron chi connectivity index (χ0n) is 19.0. The maximum Gasteiger partial charge on any atom is 0.373 e. The molecule has 0 atom stereocenters. The Morgan fingerprint density at radius 1 is 1.18 bits per heavy atom. The third-order valence-electron chi connectivity index (χ3n) is 6.22. The van der Waals surface area contributed by atoms with Gasteiger partial charge in [0.1, 0.15) is 10.0 Å². The smallest absolute Gasteiger partial charge is 0.355 e. The van der Waals surface area contributed by atoms with E-state index in [1.165, 1.54) is 36.0 Å². The normalized spacial score (nSPS) is 16.5. The Morgan fingerprint density at radius 3 is 2.48 bits per heavy atom. The number of aromatic nitrogens is 3. The number of carbonyl (C=O) groups excluding carboxylic acids is 2. The van der Waals surface area contributed by atoms with Crippen molar-refractivity contribution < 1.29 is 14.0 Å². The molecule has 0 N–H and O–H groups in total. The second kappa shape index (κ2) is 9.79. The van der Waals surface area contributed by atoms with Gasteiger partial charge in [-0.3, -0.25) is 0 Å². The lowest BCUT2D eigenvalue weighted by Gasteiger charge is -2.32. The summed E-state index contributed by atoms with van der Waals surface area (Å²) in [6.07, 6.45) is 7.62. The van der Waals surface area contributed by atoms with Crippen LogP contribution in [0.3, 0.4) is 0 Å². The Kier molecular flexibility index (Phi) is 7.02. The van der Waals surface area contributed by atoms with Gasteiger partial charge in [-0.1, -0.05) is 37.3 Å². The molecule has 1 saturated carbocycles. The van der Waals surface area contributed by atoms with E-state index in [2.05, 4.69) is 18.7 Å². The predicted molar refractivity (Wildman–Crippen MR) is 128 cm³/mol. The number of benzene rings is 1. The number of nitrogens with zero attached hydrogens (tertiary/aromatic N) is 4. The topological polar surface area (TPSA) is 68.1 Å². The summed E-state index contributed by atoms with van der Waals surface area (Å²) in [6.45, 7) is 8.62. The number of piperidine rings is 1. The van der Waals surface area contributed by atoms with Crippen molar-refractivity contribution in [3.05, 3.63) is 42.0 Å². The lowest BCUT2D eigenvalue weighted by Crippen LogP contribution is -2.35. The quantitative estimate of drug-likeness (QED) is 0.428. The number of hydrogen-bond acceptors (Lipinski definition) is 7. The van der Waals surface area contributed by atoms with Crippen LogP contribution in [0.15, 0.2) is 34.7 Å². The largest absolute Gasteiger partial charge is 0.373 e. The average Bonchev–Trinajstić information content (AvgIpc) is 3.21. The second-order valence-corrected chi connectivity index (χ2v) is 11.8. The molecule has 174 valence electrons. The summed E-state index contributed by atoms with van der Waals surface area (Å²) in [7, 11) is 0. The van der Waals surface area contributed by atoms with E-state index >= 15 is 0 Å². The number of hydrogen-bond donors (Lipinski definition) is 0. The lowest BCUT2D eigenvalue weighted by atomic mass is 9.94. The molecule has 33 heavy (non-hydrogen) atoms. The summed E-state index contributed by atoms with van der Waals surface area (Å²) in [6, 6.07) is 6.69. The van der Waals surface area contributed by atoms with Crippen molar-refractivity contribution in [2.75, 3.05) is 18.0 Å². The molecule has 1 aromatic carbocycles. The molecule has 2 fully saturated rings. The minimum Gasteiger partial charge on any atom is -0.355 e. The fourth-order valence-corrected chi connectivity index (χ4v) is 6.70. The van der Waals surface area contributed by atoms with Gasteiger partial charge in [0.2, 0.25) is 5.13 Å². The Bertz CT molecular complexity index is 1150. The van der Waals surface area contributed by atoms with Crippen LogP contribution in [0.2, 0.25) is 0 Å². The predicted octanol–water partition coefficient (Wildman–Crippen LogP) is 5.74. The van der Waals surface area contributed by atoms with Crippen LogP contribution in [0.25, 0.3) is 16.3 Å². The summed E-state index contributed by atoms with van der Waals surface area (Å²) >= 11 is 3.59. The molecule has 2 aromatic heterocycles. The number of thioether (sulfide) groups is 1. The van der Waals surface area contributed by atoms with Crippen molar-refractivity contribution in [3.63, 3.8) is 0 Å². The first-order chi connectivity index (χ1) is 15.8. The maximum atomic E-state index is 13.7. The Balaban J connectivity index is 0.000000821. The summed E-state index contributed by atoms with van der Waals surface area (Å²) in [5.74, 6) is 0.884. The number of halogens is 1. The van der Waals surface area contributed by atoms with E-state index in [1.54, 1.807) is 23.5 Å². The van der Waals surface area contributed by atoms with Gasteiger partial charge in [0, 0.05) is 30.1 Å². The van der Waals surface area contributed by atoms with Crippen LogP contribution in [0.1, 0.15) is 45.2 Å². The van der Waals surface area contributed by atoms with Gasteiger partial charge in [0.25, 0.3) is 0 Å². The third-order valence-corrected chi connectivity index (χ3v) is 8.46. The molecule has 1 aliphatic carbocycles. The van der Waals surface area contributed by atoms with Crippen molar-refractivity contribution in [1.82, 2.24) is 14.8 Å². The number of thiazole rings is 1. The summed E-state index contributed by atoms with van der Waals surface area (Å²) in [5, 5.41) is 6.09. The molecule has 9 heteroatoms. The first-order valence-corrected chi connectivity index (χ1v) is 12.8. The minimum absolute atomic E-state index is 0.231. The van der Waals surface area contributed by atoms with Crippen molar-refractivity contribution in [2.45, 2.75) is 55.9 Å². The van der Waals surface area contributed by atoms with Crippen LogP contribution in [0, 0.1) is 18.2 Å². The fraction of sp³-hybridized carbons (Fsp3) is 0.458. The zero-order valence-corrected chi connectivity index (χ0v) is 20.6. The highest BCUT2D eigenvalue weighted by Gasteiger charge is 2.45. The van der Waals surface area contributed by atoms with Gasteiger partial charge in [-0.05, 0) is 55.7 Å². The van der Waals surface area contributed by atoms with Gasteiger partial charge >= 0.3 is 6.15 Å². The first-order valence-electron chi connectivity index (χ1n) is 11.1. The maximum absolute atomic E-state index is 13.7. The van der Waals surface area contributed by atoms with E-state index in [1.807, 2.05) is 35.6 Å². The molecule has 0 radical (unpaired) electrons. The van der Waals surface area contributed by atoms with Crippen molar-refractivity contribution >= 4 is 35.1 Å². The Labute approximate surface area is 201 Å².